The summed E-state index contributed by atoms with van der Waals surface area (Å²) in [7, 11) is 0. The Morgan fingerprint density at radius 3 is 2.86 bits per heavy atom. The first-order valence-electron chi connectivity index (χ1n) is 5.20. The van der Waals surface area contributed by atoms with Crippen molar-refractivity contribution < 1.29 is 0 Å². The van der Waals surface area contributed by atoms with Crippen LogP contribution < -0.4 is 5.32 Å². The summed E-state index contributed by atoms with van der Waals surface area (Å²) < 4.78 is 0. The van der Waals surface area contributed by atoms with E-state index in [0.717, 1.165) is 6.54 Å². The first-order valence-corrected chi connectivity index (χ1v) is 6.02. The maximum atomic E-state index is 3.43. The highest BCUT2D eigenvalue weighted by Gasteiger charge is 1.95. The van der Waals surface area contributed by atoms with Gasteiger partial charge in [-0.1, -0.05) is 13.0 Å². The first-order chi connectivity index (χ1) is 6.72. The van der Waals surface area contributed by atoms with Crippen molar-refractivity contribution in [2.24, 2.45) is 0 Å². The predicted molar refractivity (Wildman–Crippen MR) is 65.8 cm³/mol. The monoisotopic (exact) mass is 209 g/mol. The van der Waals surface area contributed by atoms with E-state index in [-0.39, 0.29) is 0 Å². The summed E-state index contributed by atoms with van der Waals surface area (Å²) in [4.78, 5) is 2.71. The van der Waals surface area contributed by atoms with Crippen molar-refractivity contribution in [2.75, 3.05) is 6.54 Å². The molecule has 2 heteroatoms. The summed E-state index contributed by atoms with van der Waals surface area (Å²) in [5, 5.41) is 3.43. The van der Waals surface area contributed by atoms with Gasteiger partial charge in [-0.05, 0) is 45.0 Å². The normalized spacial score (nSPS) is 13.6. The van der Waals surface area contributed by atoms with E-state index in [9.17, 15) is 0 Å². The number of aryl methyl sites for hydroxylation is 1. The van der Waals surface area contributed by atoms with E-state index >= 15 is 0 Å². The summed E-state index contributed by atoms with van der Waals surface area (Å²) in [6.07, 6.45) is 5.61. The minimum atomic E-state index is 0.470. The molecule has 1 nitrogen and oxygen atoms in total. The Balaban J connectivity index is 2.39. The average Bonchev–Trinajstić information content (AvgIpc) is 2.58. The van der Waals surface area contributed by atoms with Gasteiger partial charge in [0.1, 0.15) is 0 Å². The Labute approximate surface area is 90.9 Å². The van der Waals surface area contributed by atoms with Crippen LogP contribution >= 0.6 is 11.3 Å². The van der Waals surface area contributed by atoms with Gasteiger partial charge >= 0.3 is 0 Å². The lowest BCUT2D eigenvalue weighted by atomic mass is 10.3. The van der Waals surface area contributed by atoms with Gasteiger partial charge in [-0.15, -0.1) is 11.3 Å². The molecule has 14 heavy (non-hydrogen) atoms. The minimum Gasteiger partial charge on any atom is -0.311 e. The molecule has 0 aromatic carbocycles. The van der Waals surface area contributed by atoms with Gasteiger partial charge in [0.25, 0.3) is 0 Å². The maximum Gasteiger partial charge on any atom is 0.0270 e. The van der Waals surface area contributed by atoms with Crippen LogP contribution in [0.3, 0.4) is 0 Å². The topological polar surface area (TPSA) is 12.0 Å². The van der Waals surface area contributed by atoms with E-state index in [1.165, 1.54) is 16.2 Å². The molecule has 1 atom stereocenters. The third-order valence-corrected chi connectivity index (χ3v) is 2.99. The first kappa shape index (κ1) is 11.5. The Bertz CT molecular complexity index is 288. The summed E-state index contributed by atoms with van der Waals surface area (Å²) in [6.45, 7) is 7.61. The van der Waals surface area contributed by atoms with Gasteiger partial charge in [0, 0.05) is 15.8 Å². The molecule has 1 aromatic heterocycles. The molecule has 1 aromatic rings. The van der Waals surface area contributed by atoms with Crippen molar-refractivity contribution in [2.45, 2.75) is 33.2 Å². The van der Waals surface area contributed by atoms with E-state index < -0.39 is 0 Å². The Morgan fingerprint density at radius 1 is 1.50 bits per heavy atom. The molecular formula is C12H19NS. The van der Waals surface area contributed by atoms with Crippen LogP contribution in [-0.2, 0) is 0 Å². The second-order valence-corrected chi connectivity index (χ2v) is 4.87. The van der Waals surface area contributed by atoms with E-state index in [1.54, 1.807) is 0 Å². The zero-order chi connectivity index (χ0) is 10.4. The fourth-order valence-electron chi connectivity index (χ4n) is 1.22. The number of nitrogens with one attached hydrogen (secondary N) is 1. The largest absolute Gasteiger partial charge is 0.311 e. The number of thiophene rings is 1. The van der Waals surface area contributed by atoms with Crippen molar-refractivity contribution in [3.8, 4) is 0 Å². The number of hydrogen-bond donors (Lipinski definition) is 1. The van der Waals surface area contributed by atoms with Gasteiger partial charge in [-0.2, -0.15) is 0 Å². The zero-order valence-corrected chi connectivity index (χ0v) is 10.0. The van der Waals surface area contributed by atoms with Gasteiger partial charge in [-0.3, -0.25) is 0 Å². The molecule has 1 N–H and O–H groups in total. The van der Waals surface area contributed by atoms with Gasteiger partial charge in [0.2, 0.25) is 0 Å². The molecule has 1 heterocycles. The molecule has 0 bridgehead atoms. The molecule has 0 aliphatic heterocycles. The van der Waals surface area contributed by atoms with Crippen molar-refractivity contribution >= 4 is 17.4 Å². The van der Waals surface area contributed by atoms with Crippen molar-refractivity contribution in [1.29, 1.82) is 0 Å². The highest BCUT2D eigenvalue weighted by molar-refractivity contribution is 7.12. The summed E-state index contributed by atoms with van der Waals surface area (Å²) in [6, 6.07) is 4.80. The molecule has 1 unspecified atom stereocenters. The van der Waals surface area contributed by atoms with Crippen molar-refractivity contribution in [1.82, 2.24) is 5.32 Å². The van der Waals surface area contributed by atoms with E-state index in [1.807, 2.05) is 11.3 Å². The highest BCUT2D eigenvalue weighted by Crippen LogP contribution is 2.16. The molecule has 0 spiro atoms. The summed E-state index contributed by atoms with van der Waals surface area (Å²) in [5.41, 5.74) is 0. The van der Waals surface area contributed by atoms with Gasteiger partial charge in [-0.25, -0.2) is 0 Å². The quantitative estimate of drug-likeness (QED) is 0.783. The van der Waals surface area contributed by atoms with Crippen LogP contribution in [0.25, 0.3) is 6.08 Å². The molecule has 0 fully saturated rings. The molecule has 0 radical (unpaired) electrons. The number of rotatable bonds is 5. The second-order valence-electron chi connectivity index (χ2n) is 3.55. The van der Waals surface area contributed by atoms with Crippen molar-refractivity contribution in [3.63, 3.8) is 0 Å². The van der Waals surface area contributed by atoms with Gasteiger partial charge in [0.15, 0.2) is 0 Å². The third-order valence-electron chi connectivity index (χ3n) is 2.03. The molecule has 0 amide bonds. The summed E-state index contributed by atoms with van der Waals surface area (Å²) >= 11 is 1.84. The van der Waals surface area contributed by atoms with Gasteiger partial charge < -0.3 is 5.32 Å². The fourth-order valence-corrected chi connectivity index (χ4v) is 2.01. The molecule has 1 rings (SSSR count). The molecule has 0 aliphatic carbocycles. The Kier molecular flexibility index (Phi) is 4.91. The molecule has 0 saturated heterocycles. The van der Waals surface area contributed by atoms with Crippen LogP contribution in [0.1, 0.15) is 30.0 Å². The molecule has 0 saturated carbocycles. The summed E-state index contributed by atoms with van der Waals surface area (Å²) in [5.74, 6) is 0. The van der Waals surface area contributed by atoms with Crippen LogP contribution in [0.2, 0.25) is 0 Å². The maximum absolute atomic E-state index is 3.43. The average molecular weight is 209 g/mol. The highest BCUT2D eigenvalue weighted by atomic mass is 32.1. The SMILES string of the molecule is CCCNC(C)/C=C/c1ccc(C)s1. The van der Waals surface area contributed by atoms with E-state index in [4.69, 9.17) is 0 Å². The lowest BCUT2D eigenvalue weighted by Crippen LogP contribution is -2.24. The van der Waals surface area contributed by atoms with Gasteiger partial charge in [0.05, 0.1) is 0 Å². The van der Waals surface area contributed by atoms with Crippen LogP contribution in [0.5, 0.6) is 0 Å². The second kappa shape index (κ2) is 5.99. The van der Waals surface area contributed by atoms with Crippen molar-refractivity contribution in [3.05, 3.63) is 28.0 Å². The fraction of sp³-hybridized carbons (Fsp3) is 0.500. The lowest BCUT2D eigenvalue weighted by molar-refractivity contribution is 0.625. The van der Waals surface area contributed by atoms with E-state index in [0.29, 0.717) is 6.04 Å². The zero-order valence-electron chi connectivity index (χ0n) is 9.21. The predicted octanol–water partition coefficient (Wildman–Crippen LogP) is 3.46. The van der Waals surface area contributed by atoms with Crippen LogP contribution in [0.4, 0.5) is 0 Å². The molecular weight excluding hydrogens is 190 g/mol. The van der Waals surface area contributed by atoms with Crippen LogP contribution in [0, 0.1) is 6.92 Å². The minimum absolute atomic E-state index is 0.470. The van der Waals surface area contributed by atoms with Crippen LogP contribution in [-0.4, -0.2) is 12.6 Å². The number of hydrogen-bond acceptors (Lipinski definition) is 2. The third kappa shape index (κ3) is 4.07. The van der Waals surface area contributed by atoms with Crippen LogP contribution in [0.15, 0.2) is 18.2 Å². The smallest absolute Gasteiger partial charge is 0.0270 e. The standard InChI is InChI=1S/C12H19NS/c1-4-9-13-10(2)5-7-12-8-6-11(3)14-12/h5-8,10,13H,4,9H2,1-3H3/b7-5+. The lowest BCUT2D eigenvalue weighted by Gasteiger charge is -2.06. The Morgan fingerprint density at radius 2 is 2.29 bits per heavy atom. The molecule has 0 aliphatic rings. The Hall–Kier alpha value is -0.600. The molecule has 78 valence electrons. The van der Waals surface area contributed by atoms with E-state index in [2.05, 4.69) is 50.4 Å².